The maximum atomic E-state index is 12.0. The molecule has 1 atom stereocenters. The molecule has 8 heteroatoms. The Hall–Kier alpha value is -2.22. The minimum Gasteiger partial charge on any atom is -0.480 e. The van der Waals surface area contributed by atoms with E-state index in [9.17, 15) is 19.5 Å². The second-order valence-corrected chi connectivity index (χ2v) is 12.1. The van der Waals surface area contributed by atoms with Crippen LogP contribution in [-0.2, 0) is 14.3 Å². The molecule has 0 radical (unpaired) electrons. The summed E-state index contributed by atoms with van der Waals surface area (Å²) in [5.41, 5.74) is 3.33. The van der Waals surface area contributed by atoms with Crippen molar-refractivity contribution in [3.63, 3.8) is 0 Å². The Labute approximate surface area is 230 Å². The topological polar surface area (TPSA) is 105 Å². The SMILES string of the molecule is CC(C)=CCC/C(C)=C/CC/C(C)=C/CSCC(NC(=O)CNC(=O)OC(C)(C)C)C(=O)O.CC(C)C. The lowest BCUT2D eigenvalue weighted by Crippen LogP contribution is -2.47. The van der Waals surface area contributed by atoms with Gasteiger partial charge in [-0.1, -0.05) is 55.7 Å². The molecule has 7 nitrogen and oxygen atoms in total. The van der Waals surface area contributed by atoms with E-state index in [0.717, 1.165) is 31.6 Å². The third-order valence-electron chi connectivity index (χ3n) is 4.38. The van der Waals surface area contributed by atoms with E-state index in [-0.39, 0.29) is 12.3 Å². The number of hydrogen-bond acceptors (Lipinski definition) is 5. The van der Waals surface area contributed by atoms with E-state index in [2.05, 4.69) is 77.3 Å². The Balaban J connectivity index is 0. The second kappa shape index (κ2) is 20.8. The molecule has 0 aliphatic rings. The van der Waals surface area contributed by atoms with Crippen LogP contribution in [0.2, 0.25) is 0 Å². The molecule has 0 aliphatic carbocycles. The van der Waals surface area contributed by atoms with Crippen molar-refractivity contribution >= 4 is 29.7 Å². The number of amides is 2. The molecule has 0 fully saturated rings. The standard InChI is InChI=1S/C25H42N2O5S.C4H10/c1-18(2)10-8-11-19(3)12-9-13-20(4)14-15-33-17-21(23(29)30)27-22(28)16-26-24(31)32-25(5,6)7;1-4(2)3/h10,12,14,21H,8-9,11,13,15-17H2,1-7H3,(H,26,31)(H,27,28)(H,29,30);4H,1-3H3/b19-12+,20-14+;. The molecule has 0 bridgehead atoms. The van der Waals surface area contributed by atoms with E-state index in [0.29, 0.717) is 5.75 Å². The van der Waals surface area contributed by atoms with E-state index >= 15 is 0 Å². The van der Waals surface area contributed by atoms with Crippen molar-refractivity contribution in [3.8, 4) is 0 Å². The zero-order valence-corrected chi connectivity index (χ0v) is 25.6. The summed E-state index contributed by atoms with van der Waals surface area (Å²) < 4.78 is 5.05. The van der Waals surface area contributed by atoms with Gasteiger partial charge in [0.2, 0.25) is 5.91 Å². The molecule has 3 N–H and O–H groups in total. The van der Waals surface area contributed by atoms with Crippen LogP contribution in [0.1, 0.15) is 94.9 Å². The molecule has 1 unspecified atom stereocenters. The van der Waals surface area contributed by atoms with Crippen LogP contribution < -0.4 is 10.6 Å². The lowest BCUT2D eigenvalue weighted by Gasteiger charge is -2.20. The monoisotopic (exact) mass is 540 g/mol. The van der Waals surface area contributed by atoms with Crippen molar-refractivity contribution in [1.82, 2.24) is 10.6 Å². The van der Waals surface area contributed by atoms with Gasteiger partial charge >= 0.3 is 12.1 Å². The van der Waals surface area contributed by atoms with Crippen molar-refractivity contribution in [2.24, 2.45) is 5.92 Å². The van der Waals surface area contributed by atoms with E-state index in [1.165, 1.54) is 28.5 Å². The smallest absolute Gasteiger partial charge is 0.408 e. The van der Waals surface area contributed by atoms with Crippen LogP contribution in [0, 0.1) is 5.92 Å². The van der Waals surface area contributed by atoms with Gasteiger partial charge in [0, 0.05) is 11.5 Å². The Kier molecular flexibility index (Phi) is 20.8. The number of alkyl carbamates (subject to hydrolysis) is 1. The van der Waals surface area contributed by atoms with Crippen molar-refractivity contribution in [1.29, 1.82) is 0 Å². The fraction of sp³-hybridized carbons (Fsp3) is 0.690. The quantitative estimate of drug-likeness (QED) is 0.164. The molecular weight excluding hydrogens is 488 g/mol. The van der Waals surface area contributed by atoms with Crippen LogP contribution in [0.15, 0.2) is 34.9 Å². The average Bonchev–Trinajstić information content (AvgIpc) is 2.72. The van der Waals surface area contributed by atoms with Gasteiger partial charge in [0.15, 0.2) is 0 Å². The first-order valence-electron chi connectivity index (χ1n) is 13.0. The Morgan fingerprint density at radius 3 is 1.92 bits per heavy atom. The second-order valence-electron chi connectivity index (χ2n) is 11.0. The molecule has 0 saturated heterocycles. The molecule has 0 aliphatic heterocycles. The summed E-state index contributed by atoms with van der Waals surface area (Å²) in [5, 5.41) is 14.1. The fourth-order valence-electron chi connectivity index (χ4n) is 2.61. The predicted molar refractivity (Wildman–Crippen MR) is 157 cm³/mol. The van der Waals surface area contributed by atoms with Gasteiger partial charge in [0.1, 0.15) is 18.2 Å². The third-order valence-corrected chi connectivity index (χ3v) is 5.35. The lowest BCUT2D eigenvalue weighted by atomic mass is 10.1. The number of ether oxygens (including phenoxy) is 1. The first kappa shape index (κ1) is 36.9. The number of nitrogens with one attached hydrogen (secondary N) is 2. The number of hydrogen-bond donors (Lipinski definition) is 3. The van der Waals surface area contributed by atoms with Crippen LogP contribution in [0.25, 0.3) is 0 Å². The van der Waals surface area contributed by atoms with Gasteiger partial charge in [-0.15, -0.1) is 0 Å². The molecule has 0 saturated carbocycles. The zero-order chi connectivity index (χ0) is 29.0. The van der Waals surface area contributed by atoms with E-state index in [1.54, 1.807) is 20.8 Å². The molecule has 0 aromatic rings. The molecule has 0 rings (SSSR count). The molecule has 0 spiro atoms. The van der Waals surface area contributed by atoms with Gasteiger partial charge in [-0.05, 0) is 80.1 Å². The van der Waals surface area contributed by atoms with Gasteiger partial charge in [-0.3, -0.25) is 4.79 Å². The maximum absolute atomic E-state index is 12.0. The Morgan fingerprint density at radius 2 is 1.43 bits per heavy atom. The number of aliphatic carboxylic acids is 1. The number of thioether (sulfide) groups is 1. The fourth-order valence-corrected chi connectivity index (χ4v) is 3.61. The minimum atomic E-state index is -1.11. The average molecular weight is 541 g/mol. The summed E-state index contributed by atoms with van der Waals surface area (Å²) in [4.78, 5) is 35.0. The summed E-state index contributed by atoms with van der Waals surface area (Å²) in [6.45, 7) is 19.8. The van der Waals surface area contributed by atoms with Gasteiger partial charge in [0.05, 0.1) is 0 Å². The summed E-state index contributed by atoms with van der Waals surface area (Å²) in [7, 11) is 0. The summed E-state index contributed by atoms with van der Waals surface area (Å²) in [5.74, 6) is 0.0563. The van der Waals surface area contributed by atoms with Crippen LogP contribution in [0.3, 0.4) is 0 Å². The zero-order valence-electron chi connectivity index (χ0n) is 24.8. The van der Waals surface area contributed by atoms with Crippen molar-refractivity contribution in [2.45, 2.75) is 107 Å². The Bertz CT molecular complexity index is 773. The molecule has 0 heterocycles. The lowest BCUT2D eigenvalue weighted by molar-refractivity contribution is -0.140. The highest BCUT2D eigenvalue weighted by molar-refractivity contribution is 7.99. The maximum Gasteiger partial charge on any atom is 0.408 e. The first-order valence-corrected chi connectivity index (χ1v) is 14.2. The van der Waals surface area contributed by atoms with Crippen molar-refractivity contribution in [3.05, 3.63) is 34.9 Å². The van der Waals surface area contributed by atoms with Crippen LogP contribution in [0.4, 0.5) is 4.79 Å². The van der Waals surface area contributed by atoms with Crippen molar-refractivity contribution in [2.75, 3.05) is 18.1 Å². The first-order chi connectivity index (χ1) is 17.0. The van der Waals surface area contributed by atoms with Crippen LogP contribution in [-0.4, -0.2) is 52.8 Å². The molecule has 2 amide bonds. The summed E-state index contributed by atoms with van der Waals surface area (Å²) in [6.07, 6.45) is 10.0. The van der Waals surface area contributed by atoms with Gasteiger partial charge in [0.25, 0.3) is 0 Å². The molecular formula is C29H52N2O5S. The summed E-state index contributed by atoms with van der Waals surface area (Å²) >= 11 is 1.44. The largest absolute Gasteiger partial charge is 0.480 e. The number of carboxylic acid groups (broad SMARTS) is 1. The van der Waals surface area contributed by atoms with Crippen molar-refractivity contribution < 1.29 is 24.2 Å². The normalized spacial score (nSPS) is 12.7. The highest BCUT2D eigenvalue weighted by Crippen LogP contribution is 2.13. The summed E-state index contributed by atoms with van der Waals surface area (Å²) in [6, 6.07) is -1.02. The number of carbonyl (C=O) groups is 3. The van der Waals surface area contributed by atoms with Gasteiger partial charge in [-0.2, -0.15) is 11.8 Å². The molecule has 0 aromatic heterocycles. The number of allylic oxidation sites excluding steroid dienone is 5. The van der Waals surface area contributed by atoms with E-state index in [4.69, 9.17) is 4.74 Å². The van der Waals surface area contributed by atoms with E-state index in [1.807, 2.05) is 0 Å². The van der Waals surface area contributed by atoms with Gasteiger partial charge in [-0.25, -0.2) is 9.59 Å². The molecule has 214 valence electrons. The number of rotatable bonds is 14. The number of carboxylic acids is 1. The van der Waals surface area contributed by atoms with E-state index < -0.39 is 29.6 Å². The Morgan fingerprint density at radius 1 is 0.919 bits per heavy atom. The molecule has 0 aromatic carbocycles. The highest BCUT2D eigenvalue weighted by Gasteiger charge is 2.21. The van der Waals surface area contributed by atoms with Crippen LogP contribution in [0.5, 0.6) is 0 Å². The van der Waals surface area contributed by atoms with Gasteiger partial charge < -0.3 is 20.5 Å². The van der Waals surface area contributed by atoms with Crippen LogP contribution >= 0.6 is 11.8 Å². The predicted octanol–water partition coefficient (Wildman–Crippen LogP) is 6.90. The minimum absolute atomic E-state index is 0.237. The number of carbonyl (C=O) groups excluding carboxylic acids is 2. The highest BCUT2D eigenvalue weighted by atomic mass is 32.2. The third kappa shape index (κ3) is 28.2. The molecule has 37 heavy (non-hydrogen) atoms.